The molecule has 14 heavy (non-hydrogen) atoms. The van der Waals surface area contributed by atoms with E-state index in [0.29, 0.717) is 12.0 Å². The molecule has 1 fully saturated rings. The maximum atomic E-state index is 5.71. The standard InChI is InChI=1S/C11H14N2O/c1-2-4-10-9(3-1)11-8(6-14-10)5-12-7-13-11/h1-4,8,11-13H,5-7H2. The van der Waals surface area contributed by atoms with Crippen molar-refractivity contribution in [2.24, 2.45) is 5.92 Å². The smallest absolute Gasteiger partial charge is 0.124 e. The van der Waals surface area contributed by atoms with Gasteiger partial charge in [0.25, 0.3) is 0 Å². The van der Waals surface area contributed by atoms with E-state index in [4.69, 9.17) is 4.74 Å². The first-order valence-electron chi connectivity index (χ1n) is 5.11. The summed E-state index contributed by atoms with van der Waals surface area (Å²) in [4.78, 5) is 0. The number of hydrogen-bond acceptors (Lipinski definition) is 3. The van der Waals surface area contributed by atoms with Gasteiger partial charge in [0.15, 0.2) is 0 Å². The van der Waals surface area contributed by atoms with Crippen LogP contribution in [-0.2, 0) is 0 Å². The molecule has 0 radical (unpaired) electrons. The second kappa shape index (κ2) is 3.26. The molecule has 0 saturated carbocycles. The van der Waals surface area contributed by atoms with Crippen LogP contribution < -0.4 is 15.4 Å². The molecule has 3 nitrogen and oxygen atoms in total. The molecule has 2 unspecified atom stereocenters. The average molecular weight is 190 g/mol. The van der Waals surface area contributed by atoms with Crippen LogP contribution in [0.4, 0.5) is 0 Å². The van der Waals surface area contributed by atoms with Gasteiger partial charge in [0.2, 0.25) is 0 Å². The fourth-order valence-electron chi connectivity index (χ4n) is 2.31. The van der Waals surface area contributed by atoms with Crippen molar-refractivity contribution in [3.05, 3.63) is 29.8 Å². The molecule has 2 aliphatic heterocycles. The molecule has 2 heterocycles. The topological polar surface area (TPSA) is 33.3 Å². The lowest BCUT2D eigenvalue weighted by molar-refractivity contribution is 0.150. The van der Waals surface area contributed by atoms with Gasteiger partial charge in [-0.25, -0.2) is 0 Å². The molecule has 1 aromatic rings. The van der Waals surface area contributed by atoms with Crippen LogP contribution >= 0.6 is 0 Å². The Morgan fingerprint density at radius 3 is 3.21 bits per heavy atom. The molecule has 3 rings (SSSR count). The predicted molar refractivity (Wildman–Crippen MR) is 54.2 cm³/mol. The zero-order valence-corrected chi connectivity index (χ0v) is 7.99. The Bertz CT molecular complexity index is 340. The molecule has 0 aliphatic carbocycles. The highest BCUT2D eigenvalue weighted by molar-refractivity contribution is 5.38. The molecule has 2 aliphatic rings. The summed E-state index contributed by atoms with van der Waals surface area (Å²) >= 11 is 0. The van der Waals surface area contributed by atoms with Gasteiger partial charge in [0.05, 0.1) is 6.61 Å². The van der Waals surface area contributed by atoms with Crippen molar-refractivity contribution < 1.29 is 4.74 Å². The van der Waals surface area contributed by atoms with Crippen LogP contribution in [0, 0.1) is 5.92 Å². The van der Waals surface area contributed by atoms with Crippen LogP contribution in [0.2, 0.25) is 0 Å². The summed E-state index contributed by atoms with van der Waals surface area (Å²) in [6.07, 6.45) is 0. The van der Waals surface area contributed by atoms with E-state index in [1.807, 2.05) is 6.07 Å². The summed E-state index contributed by atoms with van der Waals surface area (Å²) in [7, 11) is 0. The number of ether oxygens (including phenoxy) is 1. The summed E-state index contributed by atoms with van der Waals surface area (Å²) in [5.41, 5.74) is 1.31. The number of rotatable bonds is 0. The van der Waals surface area contributed by atoms with E-state index in [1.165, 1.54) is 5.56 Å². The molecular weight excluding hydrogens is 176 g/mol. The third-order valence-corrected chi connectivity index (χ3v) is 3.03. The van der Waals surface area contributed by atoms with Crippen molar-refractivity contribution in [2.45, 2.75) is 6.04 Å². The van der Waals surface area contributed by atoms with Gasteiger partial charge in [-0.2, -0.15) is 0 Å². The summed E-state index contributed by atoms with van der Waals surface area (Å²) in [5.74, 6) is 1.61. The maximum Gasteiger partial charge on any atom is 0.124 e. The fraction of sp³-hybridized carbons (Fsp3) is 0.455. The lowest BCUT2D eigenvalue weighted by Gasteiger charge is -2.37. The zero-order valence-electron chi connectivity index (χ0n) is 7.99. The fourth-order valence-corrected chi connectivity index (χ4v) is 2.31. The highest BCUT2D eigenvalue weighted by Crippen LogP contribution is 2.35. The van der Waals surface area contributed by atoms with E-state index in [-0.39, 0.29) is 0 Å². The number of hydrogen-bond donors (Lipinski definition) is 2. The van der Waals surface area contributed by atoms with Crippen LogP contribution in [0.15, 0.2) is 24.3 Å². The summed E-state index contributed by atoms with van der Waals surface area (Å²) in [5, 5.41) is 6.81. The van der Waals surface area contributed by atoms with Gasteiger partial charge in [-0.3, -0.25) is 5.32 Å². The van der Waals surface area contributed by atoms with E-state index in [9.17, 15) is 0 Å². The van der Waals surface area contributed by atoms with Gasteiger partial charge in [0.1, 0.15) is 5.75 Å². The molecule has 3 heteroatoms. The van der Waals surface area contributed by atoms with E-state index in [2.05, 4.69) is 28.8 Å². The van der Waals surface area contributed by atoms with Gasteiger partial charge < -0.3 is 10.1 Å². The second-order valence-electron chi connectivity index (χ2n) is 3.92. The highest BCUT2D eigenvalue weighted by atomic mass is 16.5. The van der Waals surface area contributed by atoms with Crippen molar-refractivity contribution in [1.29, 1.82) is 0 Å². The van der Waals surface area contributed by atoms with E-state index in [1.54, 1.807) is 0 Å². The van der Waals surface area contributed by atoms with Crippen LogP contribution in [0.25, 0.3) is 0 Å². The first-order valence-corrected chi connectivity index (χ1v) is 5.11. The van der Waals surface area contributed by atoms with Crippen molar-refractivity contribution in [3.63, 3.8) is 0 Å². The summed E-state index contributed by atoms with van der Waals surface area (Å²) in [6, 6.07) is 8.79. The minimum Gasteiger partial charge on any atom is -0.493 e. The first kappa shape index (κ1) is 8.26. The molecule has 1 saturated heterocycles. The number of nitrogens with one attached hydrogen (secondary N) is 2. The van der Waals surface area contributed by atoms with Gasteiger partial charge >= 0.3 is 0 Å². The van der Waals surface area contributed by atoms with Crippen LogP contribution in [0.1, 0.15) is 11.6 Å². The van der Waals surface area contributed by atoms with Crippen molar-refractivity contribution in [2.75, 3.05) is 19.8 Å². The monoisotopic (exact) mass is 190 g/mol. The number of para-hydroxylation sites is 1. The Kier molecular flexibility index (Phi) is 1.92. The van der Waals surface area contributed by atoms with E-state index in [0.717, 1.165) is 25.6 Å². The molecule has 0 aromatic heterocycles. The summed E-state index contributed by atoms with van der Waals surface area (Å²) < 4.78 is 5.71. The largest absolute Gasteiger partial charge is 0.493 e. The second-order valence-corrected chi connectivity index (χ2v) is 3.92. The number of benzene rings is 1. The first-order chi connectivity index (χ1) is 6.95. The van der Waals surface area contributed by atoms with Gasteiger partial charge in [-0.1, -0.05) is 18.2 Å². The van der Waals surface area contributed by atoms with Gasteiger partial charge in [0, 0.05) is 30.7 Å². The third-order valence-electron chi connectivity index (χ3n) is 3.03. The average Bonchev–Trinajstić information content (AvgIpc) is 2.29. The van der Waals surface area contributed by atoms with Crippen molar-refractivity contribution in [1.82, 2.24) is 10.6 Å². The Morgan fingerprint density at radius 1 is 1.29 bits per heavy atom. The molecule has 0 amide bonds. The quantitative estimate of drug-likeness (QED) is 0.637. The van der Waals surface area contributed by atoms with E-state index >= 15 is 0 Å². The third kappa shape index (κ3) is 1.21. The molecular formula is C11H14N2O. The minimum absolute atomic E-state index is 0.473. The van der Waals surface area contributed by atoms with Crippen molar-refractivity contribution in [3.8, 4) is 5.75 Å². The highest BCUT2D eigenvalue weighted by Gasteiger charge is 2.32. The summed E-state index contributed by atoms with van der Waals surface area (Å²) in [6.45, 7) is 2.77. The maximum absolute atomic E-state index is 5.71. The van der Waals surface area contributed by atoms with Crippen LogP contribution in [0.5, 0.6) is 5.75 Å². The lowest BCUT2D eigenvalue weighted by atomic mass is 9.89. The number of fused-ring (bicyclic) bond motifs is 3. The molecule has 74 valence electrons. The lowest BCUT2D eigenvalue weighted by Crippen LogP contribution is -2.49. The molecule has 1 aromatic carbocycles. The molecule has 0 spiro atoms. The Balaban J connectivity index is 1.99. The van der Waals surface area contributed by atoms with Gasteiger partial charge in [-0.05, 0) is 6.07 Å². The zero-order chi connectivity index (χ0) is 9.38. The predicted octanol–water partition coefficient (Wildman–Crippen LogP) is 0.887. The Hall–Kier alpha value is -1.06. The van der Waals surface area contributed by atoms with Gasteiger partial charge in [-0.15, -0.1) is 0 Å². The van der Waals surface area contributed by atoms with Crippen LogP contribution in [-0.4, -0.2) is 19.8 Å². The Labute approximate surface area is 83.5 Å². The molecule has 2 N–H and O–H groups in total. The van der Waals surface area contributed by atoms with E-state index < -0.39 is 0 Å². The van der Waals surface area contributed by atoms with Crippen molar-refractivity contribution >= 4 is 0 Å². The van der Waals surface area contributed by atoms with Crippen LogP contribution in [0.3, 0.4) is 0 Å². The molecule has 2 atom stereocenters. The minimum atomic E-state index is 0.473. The SMILES string of the molecule is c1ccc2c(c1)OCC1CNCNC21. The normalized spacial score (nSPS) is 30.0. The Morgan fingerprint density at radius 2 is 2.21 bits per heavy atom. The molecule has 0 bridgehead atoms.